The third-order valence-corrected chi connectivity index (χ3v) is 4.66. The summed E-state index contributed by atoms with van der Waals surface area (Å²) in [6.07, 6.45) is 6.60. The van der Waals surface area contributed by atoms with Gasteiger partial charge in [-0.3, -0.25) is 9.48 Å². The van der Waals surface area contributed by atoms with E-state index in [-0.39, 0.29) is 17.6 Å². The van der Waals surface area contributed by atoms with E-state index in [4.69, 9.17) is 0 Å². The highest BCUT2D eigenvalue weighted by Gasteiger charge is 2.09. The molecule has 5 heteroatoms. The van der Waals surface area contributed by atoms with E-state index in [0.717, 1.165) is 9.75 Å². The van der Waals surface area contributed by atoms with E-state index in [9.17, 15) is 9.18 Å². The molecule has 0 aliphatic rings. The van der Waals surface area contributed by atoms with Crippen LogP contribution in [0, 0.1) is 5.82 Å². The number of carbonyl (C=O) groups excluding carboxylic acids is 1. The summed E-state index contributed by atoms with van der Waals surface area (Å²) in [6, 6.07) is 10.6. The number of rotatable bonds is 5. The van der Waals surface area contributed by atoms with Gasteiger partial charge < -0.3 is 0 Å². The summed E-state index contributed by atoms with van der Waals surface area (Å²) in [5.41, 5.74) is 1.14. The quantitative estimate of drug-likeness (QED) is 0.471. The molecule has 24 heavy (non-hydrogen) atoms. The lowest BCUT2D eigenvalue weighted by Crippen LogP contribution is -2.00. The standard InChI is InChI=1S/C19H17FN2OS/c1-13(2)22-12-14(11-21-22)18(23)9-7-15-8-10-19(24-15)16-5-3-4-6-17(16)20/h3-13H,1-2H3. The molecule has 3 nitrogen and oxygen atoms in total. The first-order chi connectivity index (χ1) is 11.5. The van der Waals surface area contributed by atoms with Crippen LogP contribution in [0.3, 0.4) is 0 Å². The van der Waals surface area contributed by atoms with E-state index in [1.807, 2.05) is 32.0 Å². The predicted molar refractivity (Wildman–Crippen MR) is 95.7 cm³/mol. The molecular formula is C19H17FN2OS. The van der Waals surface area contributed by atoms with Crippen LogP contribution in [-0.4, -0.2) is 15.6 Å². The van der Waals surface area contributed by atoms with Crippen LogP contribution < -0.4 is 0 Å². The van der Waals surface area contributed by atoms with Crippen molar-refractivity contribution in [3.63, 3.8) is 0 Å². The summed E-state index contributed by atoms with van der Waals surface area (Å²) >= 11 is 1.45. The Morgan fingerprint density at radius 2 is 2.04 bits per heavy atom. The first-order valence-corrected chi connectivity index (χ1v) is 8.47. The van der Waals surface area contributed by atoms with Crippen molar-refractivity contribution in [2.45, 2.75) is 19.9 Å². The molecule has 2 aromatic heterocycles. The lowest BCUT2D eigenvalue weighted by atomic mass is 10.2. The minimum atomic E-state index is -0.243. The lowest BCUT2D eigenvalue weighted by molar-refractivity contribution is 0.104. The fourth-order valence-corrected chi connectivity index (χ4v) is 3.19. The van der Waals surface area contributed by atoms with Crippen LogP contribution in [0.1, 0.15) is 35.1 Å². The minimum Gasteiger partial charge on any atom is -0.289 e. The van der Waals surface area contributed by atoms with Gasteiger partial charge in [0.1, 0.15) is 5.82 Å². The molecule has 0 N–H and O–H groups in total. The number of carbonyl (C=O) groups is 1. The Morgan fingerprint density at radius 3 is 2.75 bits per heavy atom. The van der Waals surface area contributed by atoms with Crippen molar-refractivity contribution in [1.29, 1.82) is 0 Å². The van der Waals surface area contributed by atoms with Crippen molar-refractivity contribution in [2.24, 2.45) is 0 Å². The number of benzene rings is 1. The number of hydrogen-bond acceptors (Lipinski definition) is 3. The Morgan fingerprint density at radius 1 is 1.25 bits per heavy atom. The largest absolute Gasteiger partial charge is 0.289 e. The highest BCUT2D eigenvalue weighted by molar-refractivity contribution is 7.16. The minimum absolute atomic E-state index is 0.0947. The van der Waals surface area contributed by atoms with Gasteiger partial charge in [-0.2, -0.15) is 5.10 Å². The molecule has 0 atom stereocenters. The molecule has 0 saturated heterocycles. The van der Waals surface area contributed by atoms with E-state index in [1.54, 1.807) is 35.3 Å². The van der Waals surface area contributed by atoms with E-state index in [1.165, 1.54) is 23.5 Å². The molecule has 0 aliphatic carbocycles. The normalized spacial score (nSPS) is 11.5. The van der Waals surface area contributed by atoms with Crippen molar-refractivity contribution in [1.82, 2.24) is 9.78 Å². The van der Waals surface area contributed by atoms with Gasteiger partial charge in [-0.25, -0.2) is 4.39 Å². The number of halogens is 1. The summed E-state index contributed by atoms with van der Waals surface area (Å²) in [5, 5.41) is 4.17. The second kappa shape index (κ2) is 6.93. The SMILES string of the molecule is CC(C)n1cc(C(=O)C=Cc2ccc(-c3ccccc3F)s2)cn1. The second-order valence-electron chi connectivity index (χ2n) is 5.68. The van der Waals surface area contributed by atoms with Crippen molar-refractivity contribution >= 4 is 23.2 Å². The molecule has 0 saturated carbocycles. The van der Waals surface area contributed by atoms with Crippen LogP contribution >= 0.6 is 11.3 Å². The summed E-state index contributed by atoms with van der Waals surface area (Å²) < 4.78 is 15.6. The first kappa shape index (κ1) is 16.3. The van der Waals surface area contributed by atoms with Crippen molar-refractivity contribution < 1.29 is 9.18 Å². The molecule has 2 heterocycles. The summed E-state index contributed by atoms with van der Waals surface area (Å²) in [6.45, 7) is 4.01. The number of aromatic nitrogens is 2. The Hall–Kier alpha value is -2.53. The Balaban J connectivity index is 1.75. The van der Waals surface area contributed by atoms with Crippen LogP contribution in [0.4, 0.5) is 4.39 Å². The predicted octanol–water partition coefficient (Wildman–Crippen LogP) is 5.23. The van der Waals surface area contributed by atoms with Gasteiger partial charge >= 0.3 is 0 Å². The van der Waals surface area contributed by atoms with E-state index in [0.29, 0.717) is 11.1 Å². The molecule has 3 aromatic rings. The number of ketones is 1. The zero-order chi connectivity index (χ0) is 17.1. The molecular weight excluding hydrogens is 323 g/mol. The van der Waals surface area contributed by atoms with Crippen molar-refractivity contribution in [2.75, 3.05) is 0 Å². The van der Waals surface area contributed by atoms with Crippen LogP contribution in [0.15, 0.2) is 54.9 Å². The number of hydrogen-bond donors (Lipinski definition) is 0. The van der Waals surface area contributed by atoms with Gasteiger partial charge in [0.25, 0.3) is 0 Å². The molecule has 0 fully saturated rings. The summed E-state index contributed by atoms with van der Waals surface area (Å²) in [4.78, 5) is 13.9. The molecule has 122 valence electrons. The number of thiophene rings is 1. The van der Waals surface area contributed by atoms with Gasteiger partial charge in [0.15, 0.2) is 5.78 Å². The maximum Gasteiger partial charge on any atom is 0.189 e. The molecule has 0 unspecified atom stereocenters. The molecule has 1 aromatic carbocycles. The second-order valence-corrected chi connectivity index (χ2v) is 6.80. The average Bonchev–Trinajstić information content (AvgIpc) is 3.22. The lowest BCUT2D eigenvalue weighted by Gasteiger charge is -2.02. The summed E-state index contributed by atoms with van der Waals surface area (Å²) in [5.74, 6) is -0.338. The number of allylic oxidation sites excluding steroid dienone is 1. The Labute approximate surface area is 144 Å². The fraction of sp³-hybridized carbons (Fsp3) is 0.158. The zero-order valence-electron chi connectivity index (χ0n) is 13.4. The smallest absolute Gasteiger partial charge is 0.189 e. The topological polar surface area (TPSA) is 34.9 Å². The van der Waals surface area contributed by atoms with Crippen LogP contribution in [-0.2, 0) is 0 Å². The van der Waals surface area contributed by atoms with Gasteiger partial charge in [-0.1, -0.05) is 18.2 Å². The van der Waals surface area contributed by atoms with Crippen LogP contribution in [0.25, 0.3) is 16.5 Å². The Kier molecular flexibility index (Phi) is 4.71. The zero-order valence-corrected chi connectivity index (χ0v) is 14.3. The van der Waals surface area contributed by atoms with E-state index >= 15 is 0 Å². The average molecular weight is 340 g/mol. The highest BCUT2D eigenvalue weighted by Crippen LogP contribution is 2.30. The molecule has 0 bridgehead atoms. The van der Waals surface area contributed by atoms with Crippen molar-refractivity contribution in [3.8, 4) is 10.4 Å². The maximum absolute atomic E-state index is 13.8. The monoisotopic (exact) mass is 340 g/mol. The highest BCUT2D eigenvalue weighted by atomic mass is 32.1. The molecule has 0 spiro atoms. The van der Waals surface area contributed by atoms with Crippen molar-refractivity contribution in [3.05, 3.63) is 71.1 Å². The molecule has 0 amide bonds. The van der Waals surface area contributed by atoms with Gasteiger partial charge in [-0.15, -0.1) is 11.3 Å². The summed E-state index contributed by atoms with van der Waals surface area (Å²) in [7, 11) is 0. The maximum atomic E-state index is 13.8. The van der Waals surface area contributed by atoms with Crippen LogP contribution in [0.5, 0.6) is 0 Å². The number of nitrogens with zero attached hydrogens (tertiary/aromatic N) is 2. The molecule has 0 aliphatic heterocycles. The van der Waals surface area contributed by atoms with E-state index < -0.39 is 0 Å². The van der Waals surface area contributed by atoms with Crippen LogP contribution in [0.2, 0.25) is 0 Å². The molecule has 0 radical (unpaired) electrons. The van der Waals surface area contributed by atoms with Gasteiger partial charge in [0, 0.05) is 27.6 Å². The fourth-order valence-electron chi connectivity index (χ4n) is 2.25. The van der Waals surface area contributed by atoms with Gasteiger partial charge in [0.2, 0.25) is 0 Å². The molecule has 3 rings (SSSR count). The van der Waals surface area contributed by atoms with Gasteiger partial charge in [-0.05, 0) is 44.2 Å². The third-order valence-electron chi connectivity index (χ3n) is 3.58. The first-order valence-electron chi connectivity index (χ1n) is 7.66. The van der Waals surface area contributed by atoms with E-state index in [2.05, 4.69) is 5.10 Å². The third kappa shape index (κ3) is 3.51. The van der Waals surface area contributed by atoms with Gasteiger partial charge in [0.05, 0.1) is 11.8 Å². The Bertz CT molecular complexity index is 892.